The number of pyridine rings is 1. The summed E-state index contributed by atoms with van der Waals surface area (Å²) in [5.41, 5.74) is 1.64. The van der Waals surface area contributed by atoms with E-state index in [4.69, 9.17) is 16.3 Å². The van der Waals surface area contributed by atoms with Crippen LogP contribution >= 0.6 is 11.6 Å². The summed E-state index contributed by atoms with van der Waals surface area (Å²) in [5.74, 6) is 0.309. The maximum atomic E-state index is 10.3. The molecule has 0 saturated carbocycles. The van der Waals surface area contributed by atoms with E-state index in [2.05, 4.69) is 4.98 Å². The van der Waals surface area contributed by atoms with Gasteiger partial charge < -0.3 is 4.74 Å². The fraction of sp³-hybridized carbons (Fsp3) is 0.0909. The molecule has 0 N–H and O–H groups in total. The SMILES string of the molecule is Cc1cnc2c(OC=O)c(Cl)ccc2c1. The molecule has 76 valence electrons. The fourth-order valence-electron chi connectivity index (χ4n) is 1.42. The minimum atomic E-state index is 0.309. The van der Waals surface area contributed by atoms with Crippen LogP contribution in [-0.2, 0) is 4.79 Å². The van der Waals surface area contributed by atoms with E-state index in [0.29, 0.717) is 22.8 Å². The minimum absolute atomic E-state index is 0.309. The van der Waals surface area contributed by atoms with Gasteiger partial charge in [-0.05, 0) is 24.6 Å². The number of hydrogen-bond acceptors (Lipinski definition) is 3. The predicted molar refractivity (Wildman–Crippen MR) is 58.2 cm³/mol. The molecule has 1 aromatic heterocycles. The molecule has 0 radical (unpaired) electrons. The van der Waals surface area contributed by atoms with Gasteiger partial charge in [-0.2, -0.15) is 0 Å². The smallest absolute Gasteiger partial charge is 0.298 e. The molecule has 0 saturated heterocycles. The predicted octanol–water partition coefficient (Wildman–Crippen LogP) is 2.73. The van der Waals surface area contributed by atoms with Gasteiger partial charge >= 0.3 is 0 Å². The summed E-state index contributed by atoms with van der Waals surface area (Å²) in [7, 11) is 0. The third-order valence-corrected chi connectivity index (χ3v) is 2.36. The molecule has 0 aliphatic rings. The Morgan fingerprint density at radius 1 is 1.47 bits per heavy atom. The van der Waals surface area contributed by atoms with Crippen molar-refractivity contribution in [2.75, 3.05) is 0 Å². The number of aromatic nitrogens is 1. The first-order valence-electron chi connectivity index (χ1n) is 4.37. The molecule has 2 aromatic rings. The van der Waals surface area contributed by atoms with Gasteiger partial charge in [0, 0.05) is 11.6 Å². The summed E-state index contributed by atoms with van der Waals surface area (Å²) in [4.78, 5) is 14.5. The van der Waals surface area contributed by atoms with E-state index in [9.17, 15) is 4.79 Å². The van der Waals surface area contributed by atoms with Crippen LogP contribution < -0.4 is 4.74 Å². The van der Waals surface area contributed by atoms with Crippen molar-refractivity contribution in [3.8, 4) is 5.75 Å². The standard InChI is InChI=1S/C11H8ClNO2/c1-7-4-8-2-3-9(12)11(15-6-14)10(8)13-5-7/h2-6H,1H3. The van der Waals surface area contributed by atoms with Gasteiger partial charge in [-0.15, -0.1) is 0 Å². The summed E-state index contributed by atoms with van der Waals surface area (Å²) < 4.78 is 4.81. The second kappa shape index (κ2) is 3.87. The molecule has 15 heavy (non-hydrogen) atoms. The number of rotatable bonds is 2. The van der Waals surface area contributed by atoms with E-state index in [1.807, 2.05) is 19.1 Å². The van der Waals surface area contributed by atoms with E-state index in [1.165, 1.54) is 0 Å². The monoisotopic (exact) mass is 221 g/mol. The molecule has 0 bridgehead atoms. The first-order chi connectivity index (χ1) is 7.22. The van der Waals surface area contributed by atoms with Crippen molar-refractivity contribution in [1.29, 1.82) is 0 Å². The highest BCUT2D eigenvalue weighted by Crippen LogP contribution is 2.31. The Morgan fingerprint density at radius 2 is 2.27 bits per heavy atom. The molecule has 4 heteroatoms. The molecule has 0 aliphatic carbocycles. The number of hydrogen-bond donors (Lipinski definition) is 0. The first-order valence-corrected chi connectivity index (χ1v) is 4.75. The third-order valence-electron chi connectivity index (χ3n) is 2.06. The van der Waals surface area contributed by atoms with Crippen molar-refractivity contribution in [3.05, 3.63) is 35.0 Å². The van der Waals surface area contributed by atoms with Crippen LogP contribution in [0, 0.1) is 6.92 Å². The zero-order valence-corrected chi connectivity index (χ0v) is 8.78. The Hall–Kier alpha value is -1.61. The van der Waals surface area contributed by atoms with Crippen molar-refractivity contribution in [2.45, 2.75) is 6.92 Å². The third kappa shape index (κ3) is 1.78. The molecular formula is C11H8ClNO2. The lowest BCUT2D eigenvalue weighted by Gasteiger charge is -2.05. The van der Waals surface area contributed by atoms with Crippen LogP contribution in [0.4, 0.5) is 0 Å². The van der Waals surface area contributed by atoms with Gasteiger partial charge in [0.2, 0.25) is 0 Å². The molecule has 0 aliphatic heterocycles. The number of ether oxygens (including phenoxy) is 1. The van der Waals surface area contributed by atoms with Gasteiger partial charge in [0.15, 0.2) is 5.75 Å². The normalized spacial score (nSPS) is 10.3. The zero-order valence-electron chi connectivity index (χ0n) is 8.03. The molecule has 1 heterocycles. The van der Waals surface area contributed by atoms with Gasteiger partial charge in [-0.25, -0.2) is 0 Å². The zero-order chi connectivity index (χ0) is 10.8. The highest BCUT2D eigenvalue weighted by atomic mass is 35.5. The second-order valence-corrected chi connectivity index (χ2v) is 3.58. The van der Waals surface area contributed by atoms with Crippen molar-refractivity contribution in [1.82, 2.24) is 4.98 Å². The second-order valence-electron chi connectivity index (χ2n) is 3.17. The van der Waals surface area contributed by atoms with Crippen LogP contribution in [0.5, 0.6) is 5.75 Å². The largest absolute Gasteiger partial charge is 0.425 e. The van der Waals surface area contributed by atoms with Crippen LogP contribution in [0.1, 0.15) is 5.56 Å². The van der Waals surface area contributed by atoms with Crippen LogP contribution in [0.15, 0.2) is 24.4 Å². The number of aryl methyl sites for hydroxylation is 1. The molecule has 0 unspecified atom stereocenters. The van der Waals surface area contributed by atoms with E-state index < -0.39 is 0 Å². The van der Waals surface area contributed by atoms with Crippen LogP contribution in [0.25, 0.3) is 10.9 Å². The van der Waals surface area contributed by atoms with Crippen molar-refractivity contribution in [3.63, 3.8) is 0 Å². The number of nitrogens with zero attached hydrogens (tertiary/aromatic N) is 1. The van der Waals surface area contributed by atoms with E-state index in [0.717, 1.165) is 10.9 Å². The summed E-state index contributed by atoms with van der Waals surface area (Å²) in [6.45, 7) is 2.30. The fourth-order valence-corrected chi connectivity index (χ4v) is 1.62. The average molecular weight is 222 g/mol. The van der Waals surface area contributed by atoms with Crippen LogP contribution in [0.2, 0.25) is 5.02 Å². The summed E-state index contributed by atoms with van der Waals surface area (Å²) in [6.07, 6.45) is 1.70. The number of benzene rings is 1. The lowest BCUT2D eigenvalue weighted by atomic mass is 10.1. The number of carbonyl (C=O) groups is 1. The van der Waals surface area contributed by atoms with Crippen molar-refractivity contribution >= 4 is 29.0 Å². The molecule has 0 amide bonds. The molecule has 3 nitrogen and oxygen atoms in total. The molecule has 0 fully saturated rings. The lowest BCUT2D eigenvalue weighted by molar-refractivity contribution is -0.120. The summed E-state index contributed by atoms with van der Waals surface area (Å²) in [5, 5.41) is 1.28. The molecule has 2 rings (SSSR count). The lowest BCUT2D eigenvalue weighted by Crippen LogP contribution is -1.93. The molecule has 0 atom stereocenters. The molecule has 0 spiro atoms. The van der Waals surface area contributed by atoms with E-state index in [1.54, 1.807) is 12.3 Å². The minimum Gasteiger partial charge on any atom is -0.425 e. The van der Waals surface area contributed by atoms with Crippen LogP contribution in [-0.4, -0.2) is 11.5 Å². The highest BCUT2D eigenvalue weighted by Gasteiger charge is 2.08. The Kier molecular flexibility index (Phi) is 2.56. The highest BCUT2D eigenvalue weighted by molar-refractivity contribution is 6.33. The van der Waals surface area contributed by atoms with Crippen LogP contribution in [0.3, 0.4) is 0 Å². The average Bonchev–Trinajstić information content (AvgIpc) is 2.22. The number of carbonyl (C=O) groups excluding carboxylic acids is 1. The Labute approximate surface area is 91.6 Å². The quantitative estimate of drug-likeness (QED) is 0.732. The van der Waals surface area contributed by atoms with Gasteiger partial charge in [-0.3, -0.25) is 9.78 Å². The van der Waals surface area contributed by atoms with E-state index >= 15 is 0 Å². The number of fused-ring (bicyclic) bond motifs is 1. The van der Waals surface area contributed by atoms with Gasteiger partial charge in [0.1, 0.15) is 5.52 Å². The summed E-state index contributed by atoms with van der Waals surface area (Å²) >= 11 is 5.90. The van der Waals surface area contributed by atoms with Gasteiger partial charge in [0.25, 0.3) is 6.47 Å². The number of halogens is 1. The summed E-state index contributed by atoms with van der Waals surface area (Å²) in [6, 6.07) is 5.48. The topological polar surface area (TPSA) is 39.2 Å². The Bertz CT molecular complexity index is 525. The molecular weight excluding hydrogens is 214 g/mol. The first kappa shape index (κ1) is 9.93. The Balaban J connectivity index is 2.75. The van der Waals surface area contributed by atoms with Crippen molar-refractivity contribution in [2.24, 2.45) is 0 Å². The van der Waals surface area contributed by atoms with Gasteiger partial charge in [0.05, 0.1) is 5.02 Å². The Morgan fingerprint density at radius 3 is 3.00 bits per heavy atom. The van der Waals surface area contributed by atoms with Crippen molar-refractivity contribution < 1.29 is 9.53 Å². The molecule has 1 aromatic carbocycles. The van der Waals surface area contributed by atoms with E-state index in [-0.39, 0.29) is 0 Å². The maximum absolute atomic E-state index is 10.3. The maximum Gasteiger partial charge on any atom is 0.298 e. The van der Waals surface area contributed by atoms with Gasteiger partial charge in [-0.1, -0.05) is 17.7 Å².